The lowest BCUT2D eigenvalue weighted by Gasteiger charge is -2.36. The van der Waals surface area contributed by atoms with Gasteiger partial charge in [-0.25, -0.2) is 13.2 Å². The van der Waals surface area contributed by atoms with Gasteiger partial charge >= 0.3 is 6.36 Å². The topological polar surface area (TPSA) is 9.23 Å². The van der Waals surface area contributed by atoms with Gasteiger partial charge < -0.3 is 4.74 Å². The normalized spacial score (nSPS) is 28.2. The number of allylic oxidation sites excluding steroid dienone is 2. The van der Waals surface area contributed by atoms with Crippen molar-refractivity contribution in [1.29, 1.82) is 0 Å². The number of benzene rings is 2. The van der Waals surface area contributed by atoms with Gasteiger partial charge in [0.2, 0.25) is 0 Å². The van der Waals surface area contributed by atoms with Gasteiger partial charge in [-0.1, -0.05) is 31.9 Å². The summed E-state index contributed by atoms with van der Waals surface area (Å²) in [7, 11) is 0. The summed E-state index contributed by atoms with van der Waals surface area (Å²) >= 11 is 0. The minimum absolute atomic E-state index is 0.0967. The smallest absolute Gasteiger partial charge is 0.403 e. The van der Waals surface area contributed by atoms with Crippen molar-refractivity contribution in [2.75, 3.05) is 0 Å². The van der Waals surface area contributed by atoms with Crippen LogP contribution in [0.4, 0.5) is 26.3 Å². The van der Waals surface area contributed by atoms with Crippen molar-refractivity contribution in [2.24, 2.45) is 17.8 Å². The van der Waals surface area contributed by atoms with E-state index in [0.29, 0.717) is 29.7 Å². The molecular formula is C32H36F6O. The molecule has 7 heteroatoms. The molecule has 0 radical (unpaired) electrons. The Morgan fingerprint density at radius 3 is 1.85 bits per heavy atom. The molecule has 3 aliphatic carbocycles. The molecule has 212 valence electrons. The third kappa shape index (κ3) is 6.66. The van der Waals surface area contributed by atoms with Crippen LogP contribution in [0.3, 0.4) is 0 Å². The molecule has 2 fully saturated rings. The lowest BCUT2D eigenvalue weighted by molar-refractivity contribution is -0.275. The molecular weight excluding hydrogens is 514 g/mol. The van der Waals surface area contributed by atoms with E-state index in [-0.39, 0.29) is 17.4 Å². The molecule has 2 aromatic rings. The number of alkyl halides is 3. The molecule has 0 bridgehead atoms. The Kier molecular flexibility index (Phi) is 8.34. The summed E-state index contributed by atoms with van der Waals surface area (Å²) in [5.41, 5.74) is 2.37. The predicted molar refractivity (Wildman–Crippen MR) is 140 cm³/mol. The Bertz CT molecular complexity index is 1160. The molecule has 0 aliphatic heterocycles. The summed E-state index contributed by atoms with van der Waals surface area (Å²) < 4.78 is 85.5. The first-order valence-corrected chi connectivity index (χ1v) is 14.3. The first-order chi connectivity index (χ1) is 18.6. The number of halogens is 6. The maximum atomic E-state index is 15.1. The van der Waals surface area contributed by atoms with Crippen LogP contribution in [0.2, 0.25) is 0 Å². The zero-order valence-corrected chi connectivity index (χ0v) is 22.3. The number of ether oxygens (including phenoxy) is 1. The molecule has 0 spiro atoms. The molecule has 1 unspecified atom stereocenters. The number of hydrogen-bond donors (Lipinski definition) is 0. The van der Waals surface area contributed by atoms with E-state index in [0.717, 1.165) is 87.5 Å². The van der Waals surface area contributed by atoms with E-state index in [1.165, 1.54) is 6.07 Å². The van der Waals surface area contributed by atoms with Crippen molar-refractivity contribution >= 4 is 5.57 Å². The van der Waals surface area contributed by atoms with Crippen LogP contribution < -0.4 is 4.74 Å². The van der Waals surface area contributed by atoms with Crippen LogP contribution in [0, 0.1) is 35.2 Å². The average molecular weight is 551 g/mol. The summed E-state index contributed by atoms with van der Waals surface area (Å²) in [6.07, 6.45) is 7.11. The maximum absolute atomic E-state index is 15.1. The van der Waals surface area contributed by atoms with E-state index in [2.05, 4.69) is 11.7 Å². The van der Waals surface area contributed by atoms with Gasteiger partial charge in [0.15, 0.2) is 11.6 Å². The van der Waals surface area contributed by atoms with Crippen molar-refractivity contribution in [3.63, 3.8) is 0 Å². The Labute approximate surface area is 226 Å². The molecule has 39 heavy (non-hydrogen) atoms. The highest BCUT2D eigenvalue weighted by Crippen LogP contribution is 2.45. The molecule has 3 aliphatic rings. The molecule has 0 aromatic heterocycles. The highest BCUT2D eigenvalue weighted by molar-refractivity contribution is 5.67. The summed E-state index contributed by atoms with van der Waals surface area (Å²) in [6.45, 7) is 2.23. The van der Waals surface area contributed by atoms with Crippen molar-refractivity contribution in [3.05, 3.63) is 70.5 Å². The van der Waals surface area contributed by atoms with E-state index < -0.39 is 29.6 Å². The average Bonchev–Trinajstić information content (AvgIpc) is 2.90. The lowest BCUT2D eigenvalue weighted by atomic mass is 9.70. The van der Waals surface area contributed by atoms with Gasteiger partial charge in [-0.2, -0.15) is 0 Å². The van der Waals surface area contributed by atoms with Gasteiger partial charge in [-0.15, -0.1) is 13.2 Å². The van der Waals surface area contributed by atoms with E-state index in [1.54, 1.807) is 12.1 Å². The summed E-state index contributed by atoms with van der Waals surface area (Å²) in [4.78, 5) is 0. The molecule has 1 atom stereocenters. The molecule has 0 amide bonds. The van der Waals surface area contributed by atoms with Crippen LogP contribution in [0.1, 0.15) is 106 Å². The minimum atomic E-state index is -4.93. The van der Waals surface area contributed by atoms with Crippen molar-refractivity contribution in [1.82, 2.24) is 0 Å². The zero-order chi connectivity index (χ0) is 27.7. The quantitative estimate of drug-likeness (QED) is 0.337. The number of hydrogen-bond acceptors (Lipinski definition) is 1. The van der Waals surface area contributed by atoms with Gasteiger partial charge in [0, 0.05) is 5.56 Å². The van der Waals surface area contributed by atoms with Crippen molar-refractivity contribution in [3.8, 4) is 5.75 Å². The van der Waals surface area contributed by atoms with Crippen LogP contribution in [-0.2, 0) is 0 Å². The SMILES string of the molecule is CC1CCC(c2cc(F)c(C3=CCC(C4CCC(c5ccc(OC(F)(F)F)c(F)c5)CC4)CC3)c(F)c2)CC1. The molecule has 1 nitrogen and oxygen atoms in total. The third-order valence-electron chi connectivity index (χ3n) is 9.42. The van der Waals surface area contributed by atoms with E-state index in [9.17, 15) is 17.6 Å². The standard InChI is InChI=1S/C32H36F6O/c1-19-2-4-23(5-3-19)26-17-28(34)31(29(35)18-26)24-12-10-21(11-13-24)20-6-8-22(9-7-20)25-14-15-30(27(33)16-25)39-32(36,37)38/h12,14-23H,2-11,13H2,1H3. The largest absolute Gasteiger partial charge is 0.573 e. The second-order valence-corrected chi connectivity index (χ2v) is 11.9. The predicted octanol–water partition coefficient (Wildman–Crippen LogP) is 10.5. The first kappa shape index (κ1) is 28.1. The summed E-state index contributed by atoms with van der Waals surface area (Å²) in [6, 6.07) is 6.84. The molecule has 0 saturated heterocycles. The van der Waals surface area contributed by atoms with Gasteiger partial charge in [-0.3, -0.25) is 0 Å². The summed E-state index contributed by atoms with van der Waals surface area (Å²) in [5, 5.41) is 0. The molecule has 0 N–H and O–H groups in total. The highest BCUT2D eigenvalue weighted by Gasteiger charge is 2.34. The fourth-order valence-corrected chi connectivity index (χ4v) is 7.14. The Morgan fingerprint density at radius 1 is 0.692 bits per heavy atom. The second-order valence-electron chi connectivity index (χ2n) is 11.9. The Morgan fingerprint density at radius 2 is 1.28 bits per heavy atom. The highest BCUT2D eigenvalue weighted by atomic mass is 19.4. The first-order valence-electron chi connectivity index (χ1n) is 14.3. The zero-order valence-electron chi connectivity index (χ0n) is 22.3. The minimum Gasteiger partial charge on any atom is -0.403 e. The number of rotatable bonds is 5. The van der Waals surface area contributed by atoms with Crippen LogP contribution in [0.15, 0.2) is 36.4 Å². The maximum Gasteiger partial charge on any atom is 0.573 e. The lowest BCUT2D eigenvalue weighted by Crippen LogP contribution is -2.23. The van der Waals surface area contributed by atoms with Gasteiger partial charge in [0.05, 0.1) is 0 Å². The van der Waals surface area contributed by atoms with E-state index >= 15 is 8.78 Å². The van der Waals surface area contributed by atoms with Crippen LogP contribution in [0.5, 0.6) is 5.75 Å². The summed E-state index contributed by atoms with van der Waals surface area (Å²) in [5.74, 6) is -0.789. The van der Waals surface area contributed by atoms with Gasteiger partial charge in [-0.05, 0) is 128 Å². The molecule has 0 heterocycles. The Balaban J connectivity index is 1.17. The van der Waals surface area contributed by atoms with Crippen LogP contribution in [-0.4, -0.2) is 6.36 Å². The fourth-order valence-electron chi connectivity index (χ4n) is 7.14. The molecule has 2 aromatic carbocycles. The van der Waals surface area contributed by atoms with Gasteiger partial charge in [0.1, 0.15) is 11.6 Å². The van der Waals surface area contributed by atoms with Gasteiger partial charge in [0.25, 0.3) is 0 Å². The van der Waals surface area contributed by atoms with Crippen LogP contribution >= 0.6 is 0 Å². The fraction of sp³-hybridized carbons (Fsp3) is 0.562. The van der Waals surface area contributed by atoms with Crippen molar-refractivity contribution in [2.45, 2.75) is 95.8 Å². The van der Waals surface area contributed by atoms with E-state index in [4.69, 9.17) is 0 Å². The Hall–Kier alpha value is -2.44. The van der Waals surface area contributed by atoms with Crippen molar-refractivity contribution < 1.29 is 31.1 Å². The third-order valence-corrected chi connectivity index (χ3v) is 9.42. The second kappa shape index (κ2) is 11.6. The van der Waals surface area contributed by atoms with E-state index in [1.807, 2.05) is 6.08 Å². The molecule has 2 saturated carbocycles. The molecule has 5 rings (SSSR count). The monoisotopic (exact) mass is 550 g/mol. The van der Waals surface area contributed by atoms with Crippen LogP contribution in [0.25, 0.3) is 5.57 Å².